The second-order valence-electron chi connectivity index (χ2n) is 9.95. The summed E-state index contributed by atoms with van der Waals surface area (Å²) < 4.78 is 44.2. The summed E-state index contributed by atoms with van der Waals surface area (Å²) in [4.78, 5) is 17.4. The maximum absolute atomic E-state index is 14.0. The molecule has 1 N–H and O–H groups in total. The molecule has 1 aliphatic carbocycles. The lowest BCUT2D eigenvalue weighted by Crippen LogP contribution is -3.00. The molecule has 38 heavy (non-hydrogen) atoms. The van der Waals surface area contributed by atoms with Gasteiger partial charge in [-0.25, -0.2) is 13.6 Å². The predicted molar refractivity (Wildman–Crippen MR) is 132 cm³/mol. The minimum absolute atomic E-state index is 0. The van der Waals surface area contributed by atoms with Gasteiger partial charge < -0.3 is 46.1 Å². The van der Waals surface area contributed by atoms with E-state index in [2.05, 4.69) is 16.7 Å². The number of halogens is 3. The predicted octanol–water partition coefficient (Wildman–Crippen LogP) is 1.61. The molecule has 0 radical (unpaired) electrons. The van der Waals surface area contributed by atoms with E-state index >= 15 is 0 Å². The molecule has 0 amide bonds. The number of ether oxygens (including phenoxy) is 3. The van der Waals surface area contributed by atoms with Gasteiger partial charge in [0.25, 0.3) is 0 Å². The Kier molecular flexibility index (Phi) is 8.52. The third-order valence-electron chi connectivity index (χ3n) is 7.52. The zero-order valence-corrected chi connectivity index (χ0v) is 22.8. The highest BCUT2D eigenvalue weighted by molar-refractivity contribution is 5.81. The molecule has 2 aromatic rings. The van der Waals surface area contributed by atoms with Gasteiger partial charge in [-0.3, -0.25) is 0 Å². The van der Waals surface area contributed by atoms with Gasteiger partial charge in [0.1, 0.15) is 0 Å². The lowest BCUT2D eigenvalue weighted by molar-refractivity contribution is -0.175. The van der Waals surface area contributed by atoms with Crippen LogP contribution in [0.3, 0.4) is 0 Å². The Morgan fingerprint density at radius 3 is 2.61 bits per heavy atom. The van der Waals surface area contributed by atoms with Crippen LogP contribution in [-0.2, 0) is 21.7 Å². The highest BCUT2D eigenvalue weighted by atomic mass is 79.9. The van der Waals surface area contributed by atoms with Gasteiger partial charge in [-0.05, 0) is 43.0 Å². The maximum Gasteiger partial charge on any atom is 0.343 e. The van der Waals surface area contributed by atoms with Gasteiger partial charge in [0, 0.05) is 44.2 Å². The van der Waals surface area contributed by atoms with E-state index < -0.39 is 29.8 Å². The topological polar surface area (TPSA) is 71.5 Å². The molecule has 3 aliphatic rings. The highest BCUT2D eigenvalue weighted by Crippen LogP contribution is 2.48. The number of hydrogen-bond donors (Lipinski definition) is 1. The average Bonchev–Trinajstić information content (AvgIpc) is 3.60. The molecule has 0 aromatic heterocycles. The number of esters is 1. The smallest absolute Gasteiger partial charge is 0.343 e. The molecule has 1 fully saturated rings. The van der Waals surface area contributed by atoms with E-state index in [-0.39, 0.29) is 55.0 Å². The Morgan fingerprint density at radius 1 is 1.13 bits per heavy atom. The molecular formula is C28H32BrF2N2O5-. The van der Waals surface area contributed by atoms with E-state index in [1.807, 2.05) is 30.6 Å². The van der Waals surface area contributed by atoms with Crippen molar-refractivity contribution in [1.29, 1.82) is 0 Å². The summed E-state index contributed by atoms with van der Waals surface area (Å²) in [6, 6.07) is 14.2. The van der Waals surface area contributed by atoms with Crippen LogP contribution >= 0.6 is 0 Å². The first-order valence-corrected chi connectivity index (χ1v) is 12.7. The van der Waals surface area contributed by atoms with Gasteiger partial charge in [-0.2, -0.15) is 0 Å². The number of aliphatic hydroxyl groups is 1. The normalized spacial score (nSPS) is 22.7. The van der Waals surface area contributed by atoms with E-state index in [1.165, 1.54) is 0 Å². The Balaban J connectivity index is 0.00000336. The van der Waals surface area contributed by atoms with Crippen molar-refractivity contribution in [1.82, 2.24) is 9.80 Å². The SMILES string of the molecule is CC1N(CCCOC(=O)[C@](O)(c2ccccc2)[C@@H]2CCC(F)(F)C2)C=CN1Cc1ccc2c(c1)OCO2.[Br-]. The summed E-state index contributed by atoms with van der Waals surface area (Å²) >= 11 is 0. The number of hydrogen-bond acceptors (Lipinski definition) is 7. The molecule has 0 spiro atoms. The Labute approximate surface area is 231 Å². The van der Waals surface area contributed by atoms with Crippen LogP contribution in [0, 0.1) is 5.92 Å². The first-order valence-electron chi connectivity index (χ1n) is 12.7. The van der Waals surface area contributed by atoms with Crippen LogP contribution in [0.1, 0.15) is 43.7 Å². The number of carbonyl (C=O) groups is 1. The van der Waals surface area contributed by atoms with Crippen molar-refractivity contribution in [3.05, 3.63) is 72.1 Å². The average molecular weight is 594 g/mol. The van der Waals surface area contributed by atoms with Crippen LogP contribution in [0.5, 0.6) is 11.5 Å². The van der Waals surface area contributed by atoms with Gasteiger partial charge in [0.15, 0.2) is 17.1 Å². The van der Waals surface area contributed by atoms with Crippen molar-refractivity contribution >= 4 is 5.97 Å². The minimum Gasteiger partial charge on any atom is -1.00 e. The van der Waals surface area contributed by atoms with Gasteiger partial charge >= 0.3 is 5.97 Å². The van der Waals surface area contributed by atoms with E-state index in [0.29, 0.717) is 19.5 Å². The molecule has 10 heteroatoms. The van der Waals surface area contributed by atoms with Crippen molar-refractivity contribution in [2.45, 2.75) is 56.8 Å². The van der Waals surface area contributed by atoms with Crippen LogP contribution in [0.15, 0.2) is 60.9 Å². The van der Waals surface area contributed by atoms with E-state index in [1.54, 1.807) is 30.3 Å². The van der Waals surface area contributed by atoms with Crippen molar-refractivity contribution in [2.24, 2.45) is 5.92 Å². The zero-order valence-electron chi connectivity index (χ0n) is 21.2. The molecule has 2 aliphatic heterocycles. The Morgan fingerprint density at radius 2 is 1.87 bits per heavy atom. The van der Waals surface area contributed by atoms with Crippen LogP contribution in [0.2, 0.25) is 0 Å². The minimum atomic E-state index is -2.89. The summed E-state index contributed by atoms with van der Waals surface area (Å²) in [7, 11) is 0. The van der Waals surface area contributed by atoms with Crippen molar-refractivity contribution in [2.75, 3.05) is 19.9 Å². The summed E-state index contributed by atoms with van der Waals surface area (Å²) in [5, 5.41) is 11.4. The molecule has 2 heterocycles. The second kappa shape index (κ2) is 11.5. The molecule has 0 saturated heterocycles. The van der Waals surface area contributed by atoms with Gasteiger partial charge in [0.05, 0.1) is 12.8 Å². The molecule has 5 rings (SSSR count). The third kappa shape index (κ3) is 5.76. The van der Waals surface area contributed by atoms with Gasteiger partial charge in [-0.15, -0.1) is 0 Å². The summed E-state index contributed by atoms with van der Waals surface area (Å²) in [6.45, 7) is 3.75. The number of fused-ring (bicyclic) bond motifs is 1. The fourth-order valence-electron chi connectivity index (χ4n) is 5.35. The lowest BCUT2D eigenvalue weighted by Gasteiger charge is -2.32. The molecular weight excluding hydrogens is 562 g/mol. The molecule has 7 nitrogen and oxygen atoms in total. The van der Waals surface area contributed by atoms with E-state index in [0.717, 1.165) is 17.1 Å². The first-order chi connectivity index (χ1) is 17.8. The van der Waals surface area contributed by atoms with Crippen LogP contribution in [0.4, 0.5) is 8.78 Å². The van der Waals surface area contributed by atoms with E-state index in [9.17, 15) is 18.7 Å². The standard InChI is InChI=1S/C28H32F2N2O5.BrH/c1-20-31(13-14-32(20)18-21-8-9-24-25(16-21)37-19-36-24)12-5-15-35-26(33)28(34,22-6-3-2-4-7-22)23-10-11-27(29,30)17-23;/h2-4,6-9,13-14,16,20,23,34H,5,10-12,15,17-19H2,1H3;1H/p-1/t20?,23-,28+;/m1./s1. The second-order valence-corrected chi connectivity index (χ2v) is 9.95. The molecule has 206 valence electrons. The molecule has 2 aromatic carbocycles. The summed E-state index contributed by atoms with van der Waals surface area (Å²) in [6.07, 6.45) is 3.83. The highest BCUT2D eigenvalue weighted by Gasteiger charge is 2.54. The number of benzene rings is 2. The van der Waals surface area contributed by atoms with Crippen molar-refractivity contribution in [3.8, 4) is 11.5 Å². The quantitative estimate of drug-likeness (QED) is 0.350. The Bertz CT molecular complexity index is 1150. The van der Waals surface area contributed by atoms with Crippen LogP contribution in [-0.4, -0.2) is 52.9 Å². The van der Waals surface area contributed by atoms with Crippen molar-refractivity contribution in [3.63, 3.8) is 0 Å². The van der Waals surface area contributed by atoms with E-state index in [4.69, 9.17) is 14.2 Å². The number of carbonyl (C=O) groups excluding carboxylic acids is 1. The third-order valence-corrected chi connectivity index (χ3v) is 7.52. The van der Waals surface area contributed by atoms with Crippen molar-refractivity contribution < 1.29 is 49.9 Å². The molecule has 1 saturated carbocycles. The molecule has 0 bridgehead atoms. The van der Waals surface area contributed by atoms with Crippen LogP contribution < -0.4 is 26.5 Å². The lowest BCUT2D eigenvalue weighted by atomic mass is 9.80. The molecule has 3 atom stereocenters. The van der Waals surface area contributed by atoms with Gasteiger partial charge in [-0.1, -0.05) is 36.4 Å². The largest absolute Gasteiger partial charge is 1.00 e. The fourth-order valence-corrected chi connectivity index (χ4v) is 5.35. The monoisotopic (exact) mass is 593 g/mol. The number of alkyl halides is 2. The summed E-state index contributed by atoms with van der Waals surface area (Å²) in [5.74, 6) is -3.15. The Hall–Kier alpha value is -2.85. The van der Waals surface area contributed by atoms with Crippen LogP contribution in [0.25, 0.3) is 0 Å². The zero-order chi connectivity index (χ0) is 26.0. The number of rotatable bonds is 9. The number of nitrogens with zero attached hydrogens (tertiary/aromatic N) is 2. The summed E-state index contributed by atoms with van der Waals surface area (Å²) in [5.41, 5.74) is -0.698. The first kappa shape index (κ1) is 28.2. The molecule has 1 unspecified atom stereocenters. The fraction of sp³-hybridized carbons (Fsp3) is 0.464. The van der Waals surface area contributed by atoms with Gasteiger partial charge in [0.2, 0.25) is 12.7 Å². The maximum atomic E-state index is 14.0.